The number of nitrogens with one attached hydrogen (secondary N) is 1. The van der Waals surface area contributed by atoms with Crippen molar-refractivity contribution in [2.75, 3.05) is 57.2 Å². The Morgan fingerprint density at radius 2 is 1.38 bits per heavy atom. The zero-order valence-electron chi connectivity index (χ0n) is 25.4. The zero-order chi connectivity index (χ0) is 31.6. The minimum Gasteiger partial charge on any atom is -0.495 e. The van der Waals surface area contributed by atoms with Crippen molar-refractivity contribution in [3.05, 3.63) is 103 Å². The summed E-state index contributed by atoms with van der Waals surface area (Å²) in [7, 11) is 3.79. The van der Waals surface area contributed by atoms with Crippen LogP contribution in [0.1, 0.15) is 27.6 Å². The third-order valence-corrected chi connectivity index (χ3v) is 7.16. The Kier molecular flexibility index (Phi) is 10.1. The van der Waals surface area contributed by atoms with E-state index in [-0.39, 0.29) is 11.9 Å². The summed E-state index contributed by atoms with van der Waals surface area (Å²) in [5, 5.41) is 11.1. The van der Waals surface area contributed by atoms with Gasteiger partial charge in [0.2, 0.25) is 0 Å². The Labute approximate surface area is 261 Å². The Hall–Kier alpha value is -5.56. The molecule has 232 valence electrons. The molecular weight excluding hydrogens is 574 g/mol. The quantitative estimate of drug-likeness (QED) is 0.260. The van der Waals surface area contributed by atoms with Gasteiger partial charge in [0.05, 0.1) is 36.3 Å². The van der Waals surface area contributed by atoms with Gasteiger partial charge in [-0.2, -0.15) is 10.2 Å². The molecule has 1 amide bonds. The maximum Gasteiger partial charge on any atom is 0.338 e. The maximum atomic E-state index is 12.7. The minimum absolute atomic E-state index is 0.162. The molecule has 1 aliphatic heterocycles. The number of piperazine rings is 1. The number of amides is 1. The number of ether oxygens (including phenoxy) is 2. The van der Waals surface area contributed by atoms with Gasteiger partial charge in [-0.05, 0) is 80.7 Å². The molecule has 0 radical (unpaired) electrons. The average molecular weight is 610 g/mol. The molecule has 1 aliphatic rings. The van der Waals surface area contributed by atoms with Crippen LogP contribution in [0.4, 0.5) is 11.4 Å². The second kappa shape index (κ2) is 14.8. The number of benzene rings is 3. The first-order chi connectivity index (χ1) is 21.9. The molecule has 1 fully saturated rings. The van der Waals surface area contributed by atoms with Crippen LogP contribution < -0.4 is 15.0 Å². The number of hydrogen-bond donors (Lipinski definition) is 1. The molecule has 0 unspecified atom stereocenters. The summed E-state index contributed by atoms with van der Waals surface area (Å²) in [6, 6.07) is 20.0. The maximum absolute atomic E-state index is 12.7. The topological polar surface area (TPSA) is 133 Å². The van der Waals surface area contributed by atoms with Crippen LogP contribution in [0.15, 0.2) is 92.0 Å². The standard InChI is InChI=1S/C21H24N6O2.C11H11N3O2/c1-25-9-11-26(12-10-25)19-13-17(5-8-20(19)29-2)24-21(28)16-3-6-18(7-4-16)27-15-22-14-23-27;1-2-16-11(15)9-3-5-10(6-4-9)14-8-12-7-13-14/h3-8,13-15H,9-12H2,1-2H3,(H,24,28);3-8H,2H2,1H3. The van der Waals surface area contributed by atoms with Crippen molar-refractivity contribution in [3.8, 4) is 17.1 Å². The van der Waals surface area contributed by atoms with E-state index < -0.39 is 0 Å². The van der Waals surface area contributed by atoms with E-state index >= 15 is 0 Å². The summed E-state index contributed by atoms with van der Waals surface area (Å²) >= 11 is 0. The van der Waals surface area contributed by atoms with Crippen LogP contribution in [0.3, 0.4) is 0 Å². The molecule has 6 rings (SSSR count). The molecule has 13 nitrogen and oxygen atoms in total. The lowest BCUT2D eigenvalue weighted by atomic mass is 10.1. The van der Waals surface area contributed by atoms with Gasteiger partial charge in [0, 0.05) is 37.4 Å². The first-order valence-electron chi connectivity index (χ1n) is 14.4. The molecule has 0 atom stereocenters. The number of methoxy groups -OCH3 is 1. The molecule has 2 aromatic heterocycles. The van der Waals surface area contributed by atoms with Crippen LogP contribution in [0.5, 0.6) is 5.75 Å². The molecule has 0 bridgehead atoms. The number of carbonyl (C=O) groups excluding carboxylic acids is 2. The summed E-state index contributed by atoms with van der Waals surface area (Å²) in [5.74, 6) is 0.335. The monoisotopic (exact) mass is 609 g/mol. The lowest BCUT2D eigenvalue weighted by molar-refractivity contribution is 0.0526. The van der Waals surface area contributed by atoms with Crippen LogP contribution in [-0.4, -0.2) is 93.2 Å². The van der Waals surface area contributed by atoms with E-state index in [2.05, 4.69) is 42.3 Å². The van der Waals surface area contributed by atoms with Gasteiger partial charge in [-0.1, -0.05) is 0 Å². The molecule has 3 heterocycles. The minimum atomic E-state index is -0.312. The van der Waals surface area contributed by atoms with Crippen LogP contribution in [0, 0.1) is 0 Å². The molecule has 0 spiro atoms. The first kappa shape index (κ1) is 30.9. The van der Waals surface area contributed by atoms with E-state index in [1.807, 2.05) is 30.3 Å². The fourth-order valence-electron chi connectivity index (χ4n) is 4.68. The highest BCUT2D eigenvalue weighted by Crippen LogP contribution is 2.32. The van der Waals surface area contributed by atoms with Crippen molar-refractivity contribution in [1.29, 1.82) is 0 Å². The number of carbonyl (C=O) groups is 2. The van der Waals surface area contributed by atoms with Crippen LogP contribution in [0.2, 0.25) is 0 Å². The molecular formula is C32H35N9O4. The third kappa shape index (κ3) is 7.89. The summed E-state index contributed by atoms with van der Waals surface area (Å²) in [5.41, 5.74) is 4.55. The van der Waals surface area contributed by atoms with E-state index in [0.717, 1.165) is 54.7 Å². The summed E-state index contributed by atoms with van der Waals surface area (Å²) in [6.45, 7) is 6.00. The molecule has 5 aromatic rings. The van der Waals surface area contributed by atoms with E-state index in [4.69, 9.17) is 9.47 Å². The van der Waals surface area contributed by atoms with Crippen LogP contribution in [-0.2, 0) is 4.74 Å². The second-order valence-electron chi connectivity index (χ2n) is 10.1. The van der Waals surface area contributed by atoms with Crippen molar-refractivity contribution in [2.45, 2.75) is 6.92 Å². The largest absolute Gasteiger partial charge is 0.495 e. The predicted octanol–water partition coefficient (Wildman–Crippen LogP) is 3.72. The number of likely N-dealkylation sites (N-methyl/N-ethyl adjacent to an activating group) is 1. The fraction of sp³-hybridized carbons (Fsp3) is 0.250. The molecule has 0 saturated carbocycles. The Balaban J connectivity index is 0.000000211. The van der Waals surface area contributed by atoms with Gasteiger partial charge in [-0.3, -0.25) is 4.79 Å². The number of rotatable bonds is 8. The van der Waals surface area contributed by atoms with E-state index in [9.17, 15) is 9.59 Å². The Bertz CT molecular complexity index is 1670. The van der Waals surface area contributed by atoms with Crippen molar-refractivity contribution in [2.24, 2.45) is 0 Å². The van der Waals surface area contributed by atoms with Gasteiger partial charge < -0.3 is 24.6 Å². The SMILES string of the molecule is CCOC(=O)c1ccc(-n2cncn2)cc1.COc1ccc(NC(=O)c2ccc(-n3cncn3)cc2)cc1N1CCN(C)CC1. The van der Waals surface area contributed by atoms with Crippen molar-refractivity contribution >= 4 is 23.3 Å². The van der Waals surface area contributed by atoms with Gasteiger partial charge in [-0.25, -0.2) is 24.1 Å². The van der Waals surface area contributed by atoms with Crippen molar-refractivity contribution < 1.29 is 19.1 Å². The van der Waals surface area contributed by atoms with Gasteiger partial charge in [0.1, 0.15) is 31.1 Å². The first-order valence-corrected chi connectivity index (χ1v) is 14.4. The second-order valence-corrected chi connectivity index (χ2v) is 10.1. The highest BCUT2D eigenvalue weighted by Gasteiger charge is 2.19. The molecule has 13 heteroatoms. The highest BCUT2D eigenvalue weighted by atomic mass is 16.5. The van der Waals surface area contributed by atoms with E-state index in [1.54, 1.807) is 72.4 Å². The Morgan fingerprint density at radius 1 is 0.800 bits per heavy atom. The fourth-order valence-corrected chi connectivity index (χ4v) is 4.68. The van der Waals surface area contributed by atoms with E-state index in [1.165, 1.54) is 12.7 Å². The smallest absolute Gasteiger partial charge is 0.338 e. The number of aromatic nitrogens is 6. The van der Waals surface area contributed by atoms with Gasteiger partial charge in [0.15, 0.2) is 0 Å². The third-order valence-electron chi connectivity index (χ3n) is 7.16. The summed E-state index contributed by atoms with van der Waals surface area (Å²) in [4.78, 5) is 36.5. The van der Waals surface area contributed by atoms with E-state index in [0.29, 0.717) is 17.7 Å². The molecule has 0 aliphatic carbocycles. The number of anilines is 2. The molecule has 1 saturated heterocycles. The molecule has 3 aromatic carbocycles. The highest BCUT2D eigenvalue weighted by molar-refractivity contribution is 6.04. The summed E-state index contributed by atoms with van der Waals surface area (Å²) in [6.07, 6.45) is 6.15. The molecule has 45 heavy (non-hydrogen) atoms. The van der Waals surface area contributed by atoms with Gasteiger partial charge in [0.25, 0.3) is 5.91 Å². The van der Waals surface area contributed by atoms with Crippen LogP contribution in [0.25, 0.3) is 11.4 Å². The van der Waals surface area contributed by atoms with Crippen molar-refractivity contribution in [1.82, 2.24) is 34.4 Å². The molecule has 1 N–H and O–H groups in total. The Morgan fingerprint density at radius 3 is 1.89 bits per heavy atom. The number of esters is 1. The average Bonchev–Trinajstić information content (AvgIpc) is 3.82. The lowest BCUT2D eigenvalue weighted by Gasteiger charge is -2.34. The van der Waals surface area contributed by atoms with Gasteiger partial charge in [-0.15, -0.1) is 0 Å². The zero-order valence-corrected chi connectivity index (χ0v) is 25.4. The number of hydrogen-bond acceptors (Lipinski definition) is 10. The normalized spacial score (nSPS) is 13.0. The van der Waals surface area contributed by atoms with Crippen LogP contribution >= 0.6 is 0 Å². The van der Waals surface area contributed by atoms with Crippen molar-refractivity contribution in [3.63, 3.8) is 0 Å². The predicted molar refractivity (Wildman–Crippen MR) is 169 cm³/mol. The lowest BCUT2D eigenvalue weighted by Crippen LogP contribution is -2.44. The van der Waals surface area contributed by atoms with Gasteiger partial charge >= 0.3 is 5.97 Å². The summed E-state index contributed by atoms with van der Waals surface area (Å²) < 4.78 is 13.7. The number of nitrogens with zero attached hydrogens (tertiary/aromatic N) is 8.